The summed E-state index contributed by atoms with van der Waals surface area (Å²) in [5, 5.41) is 12.7. The molecule has 0 fully saturated rings. The molecule has 3 aromatic rings. The topological polar surface area (TPSA) is 117 Å². The van der Waals surface area contributed by atoms with Crippen molar-refractivity contribution in [3.05, 3.63) is 53.7 Å². The largest absolute Gasteiger partial charge is 0.497 e. The van der Waals surface area contributed by atoms with Gasteiger partial charge in [0.2, 0.25) is 0 Å². The summed E-state index contributed by atoms with van der Waals surface area (Å²) in [5.41, 5.74) is 1.43. The lowest BCUT2D eigenvalue weighted by Gasteiger charge is -2.06. The van der Waals surface area contributed by atoms with Crippen LogP contribution in [0.4, 0.5) is 0 Å². The number of ether oxygens (including phenoxy) is 1. The summed E-state index contributed by atoms with van der Waals surface area (Å²) in [6.45, 7) is 0.332. The molecule has 0 aliphatic heterocycles. The number of methoxy groups -OCH3 is 1. The summed E-state index contributed by atoms with van der Waals surface area (Å²) >= 11 is 0. The molecule has 8 nitrogen and oxygen atoms in total. The van der Waals surface area contributed by atoms with Gasteiger partial charge in [0.15, 0.2) is 11.4 Å². The highest BCUT2D eigenvalue weighted by Crippen LogP contribution is 2.23. The van der Waals surface area contributed by atoms with Crippen molar-refractivity contribution in [1.82, 2.24) is 20.3 Å². The van der Waals surface area contributed by atoms with Crippen molar-refractivity contribution in [3.63, 3.8) is 0 Å². The molecule has 128 valence electrons. The number of fused-ring (bicyclic) bond motifs is 1. The van der Waals surface area contributed by atoms with Gasteiger partial charge in [0.1, 0.15) is 5.75 Å². The highest BCUT2D eigenvalue weighted by atomic mass is 16.5. The Kier molecular flexibility index (Phi) is 4.60. The first-order chi connectivity index (χ1) is 12.1. The zero-order valence-corrected chi connectivity index (χ0v) is 13.4. The van der Waals surface area contributed by atoms with Crippen LogP contribution < -0.4 is 10.1 Å². The quantitative estimate of drug-likeness (QED) is 0.628. The van der Waals surface area contributed by atoms with Crippen molar-refractivity contribution in [2.75, 3.05) is 13.7 Å². The van der Waals surface area contributed by atoms with Crippen LogP contribution in [0, 0.1) is 0 Å². The first kappa shape index (κ1) is 16.4. The second-order valence-corrected chi connectivity index (χ2v) is 5.29. The molecule has 1 amide bonds. The van der Waals surface area contributed by atoms with Crippen molar-refractivity contribution in [1.29, 1.82) is 0 Å². The van der Waals surface area contributed by atoms with Crippen LogP contribution in [0.2, 0.25) is 0 Å². The van der Waals surface area contributed by atoms with E-state index in [1.807, 2.05) is 24.4 Å². The van der Waals surface area contributed by atoms with E-state index in [-0.39, 0.29) is 11.4 Å². The molecule has 0 aliphatic carbocycles. The molecule has 25 heavy (non-hydrogen) atoms. The molecule has 0 unspecified atom stereocenters. The molecule has 2 heterocycles. The number of hydrogen-bond acceptors (Lipinski definition) is 5. The summed E-state index contributed by atoms with van der Waals surface area (Å²) in [6, 6.07) is 5.72. The smallest absolute Gasteiger partial charge is 0.356 e. The number of aromatic carboxylic acids is 1. The van der Waals surface area contributed by atoms with Gasteiger partial charge in [0.05, 0.1) is 7.11 Å². The lowest BCUT2D eigenvalue weighted by atomic mass is 10.1. The van der Waals surface area contributed by atoms with Gasteiger partial charge >= 0.3 is 5.97 Å². The zero-order chi connectivity index (χ0) is 17.8. The molecule has 8 heteroatoms. The van der Waals surface area contributed by atoms with Crippen LogP contribution in [0.5, 0.6) is 5.75 Å². The Bertz CT molecular complexity index is 935. The Morgan fingerprint density at radius 1 is 1.24 bits per heavy atom. The van der Waals surface area contributed by atoms with Gasteiger partial charge in [-0.25, -0.2) is 14.8 Å². The molecule has 0 aliphatic rings. The van der Waals surface area contributed by atoms with E-state index < -0.39 is 11.9 Å². The van der Waals surface area contributed by atoms with Crippen LogP contribution in [-0.2, 0) is 6.42 Å². The lowest BCUT2D eigenvalue weighted by Crippen LogP contribution is -2.28. The van der Waals surface area contributed by atoms with E-state index >= 15 is 0 Å². The molecule has 1 aromatic carbocycles. The van der Waals surface area contributed by atoms with Crippen molar-refractivity contribution in [2.45, 2.75) is 6.42 Å². The summed E-state index contributed by atoms with van der Waals surface area (Å²) in [7, 11) is 1.61. The minimum atomic E-state index is -1.29. The number of benzene rings is 1. The van der Waals surface area contributed by atoms with Crippen LogP contribution in [0.25, 0.3) is 10.9 Å². The highest BCUT2D eigenvalue weighted by molar-refractivity contribution is 6.01. The van der Waals surface area contributed by atoms with E-state index in [0.29, 0.717) is 13.0 Å². The number of carbonyl (C=O) groups excluding carboxylic acids is 1. The summed E-state index contributed by atoms with van der Waals surface area (Å²) in [4.78, 5) is 33.9. The minimum absolute atomic E-state index is 0.199. The van der Waals surface area contributed by atoms with Gasteiger partial charge in [-0.15, -0.1) is 0 Å². The van der Waals surface area contributed by atoms with Crippen LogP contribution in [0.3, 0.4) is 0 Å². The van der Waals surface area contributed by atoms with E-state index in [0.717, 1.165) is 22.2 Å². The fourth-order valence-electron chi connectivity index (χ4n) is 2.55. The van der Waals surface area contributed by atoms with E-state index in [2.05, 4.69) is 20.3 Å². The first-order valence-corrected chi connectivity index (χ1v) is 7.56. The van der Waals surface area contributed by atoms with Crippen molar-refractivity contribution in [2.24, 2.45) is 0 Å². The molecule has 0 radical (unpaired) electrons. The van der Waals surface area contributed by atoms with E-state index in [9.17, 15) is 9.59 Å². The SMILES string of the molecule is COc1ccc2[nH]cc(CCNC(=O)c3nccnc3C(=O)O)c2c1. The van der Waals surface area contributed by atoms with E-state index in [1.165, 1.54) is 12.4 Å². The Morgan fingerprint density at radius 3 is 2.72 bits per heavy atom. The molecule has 3 rings (SSSR count). The number of carbonyl (C=O) groups is 2. The molecule has 0 spiro atoms. The lowest BCUT2D eigenvalue weighted by molar-refractivity contribution is 0.0683. The predicted octanol–water partition coefficient (Wildman–Crippen LogP) is 1.64. The summed E-state index contributed by atoms with van der Waals surface area (Å²) in [6.07, 6.45) is 4.97. The zero-order valence-electron chi connectivity index (χ0n) is 13.4. The number of carboxylic acid groups (broad SMARTS) is 1. The molecule has 0 saturated heterocycles. The fourth-order valence-corrected chi connectivity index (χ4v) is 2.55. The van der Waals surface area contributed by atoms with Crippen LogP contribution in [0.1, 0.15) is 26.5 Å². The maximum Gasteiger partial charge on any atom is 0.356 e. The van der Waals surface area contributed by atoms with Gasteiger partial charge in [0, 0.05) is 36.0 Å². The molecule has 3 N–H and O–H groups in total. The standard InChI is InChI=1S/C17H16N4O4/c1-25-11-2-3-13-12(8-11)10(9-21-13)4-5-20-16(22)14-15(17(23)24)19-7-6-18-14/h2-3,6-9,21H,4-5H2,1H3,(H,20,22)(H,23,24). The number of nitrogens with one attached hydrogen (secondary N) is 2. The molecule has 0 atom stereocenters. The van der Waals surface area contributed by atoms with E-state index in [4.69, 9.17) is 9.84 Å². The Hall–Kier alpha value is -3.42. The van der Waals surface area contributed by atoms with Crippen LogP contribution in [-0.4, -0.2) is 45.6 Å². The number of nitrogens with zero attached hydrogens (tertiary/aromatic N) is 2. The molecule has 2 aromatic heterocycles. The predicted molar refractivity (Wildman–Crippen MR) is 89.9 cm³/mol. The maximum atomic E-state index is 12.2. The number of carboxylic acids is 1. The van der Waals surface area contributed by atoms with Crippen LogP contribution in [0.15, 0.2) is 36.8 Å². The first-order valence-electron chi connectivity index (χ1n) is 7.56. The average Bonchev–Trinajstić information content (AvgIpc) is 3.03. The number of amides is 1. The van der Waals surface area contributed by atoms with Gasteiger partial charge in [0.25, 0.3) is 5.91 Å². The second kappa shape index (κ2) is 7.00. The third-order valence-corrected chi connectivity index (χ3v) is 3.77. The summed E-state index contributed by atoms with van der Waals surface area (Å²) in [5.74, 6) is -1.10. The molecule has 0 bridgehead atoms. The molecular formula is C17H16N4O4. The Balaban J connectivity index is 1.69. The highest BCUT2D eigenvalue weighted by Gasteiger charge is 2.19. The van der Waals surface area contributed by atoms with Crippen molar-refractivity contribution in [3.8, 4) is 5.75 Å². The monoisotopic (exact) mass is 340 g/mol. The Morgan fingerprint density at radius 2 is 2.00 bits per heavy atom. The van der Waals surface area contributed by atoms with Gasteiger partial charge < -0.3 is 20.1 Å². The van der Waals surface area contributed by atoms with Gasteiger partial charge in [-0.1, -0.05) is 0 Å². The van der Waals surface area contributed by atoms with Gasteiger partial charge in [-0.2, -0.15) is 0 Å². The van der Waals surface area contributed by atoms with Crippen molar-refractivity contribution >= 4 is 22.8 Å². The number of hydrogen-bond donors (Lipinski definition) is 3. The van der Waals surface area contributed by atoms with E-state index in [1.54, 1.807) is 7.11 Å². The third-order valence-electron chi connectivity index (χ3n) is 3.77. The molecule has 0 saturated carbocycles. The Labute approximate surface area is 142 Å². The third kappa shape index (κ3) is 3.42. The maximum absolute atomic E-state index is 12.2. The van der Waals surface area contributed by atoms with Gasteiger partial charge in [-0.3, -0.25) is 4.79 Å². The number of aromatic amines is 1. The minimum Gasteiger partial charge on any atom is -0.497 e. The fraction of sp³-hybridized carbons (Fsp3) is 0.176. The number of H-pyrrole nitrogens is 1. The molecular weight excluding hydrogens is 324 g/mol. The van der Waals surface area contributed by atoms with Crippen LogP contribution >= 0.6 is 0 Å². The average molecular weight is 340 g/mol. The normalized spacial score (nSPS) is 10.6. The number of rotatable bonds is 6. The second-order valence-electron chi connectivity index (χ2n) is 5.29. The summed E-state index contributed by atoms with van der Waals surface area (Å²) < 4.78 is 5.23. The van der Waals surface area contributed by atoms with Crippen molar-refractivity contribution < 1.29 is 19.4 Å². The number of aromatic nitrogens is 3. The van der Waals surface area contributed by atoms with Gasteiger partial charge in [-0.05, 0) is 30.2 Å².